The largest absolute Gasteiger partial charge is 0.354 e. The number of hydrogen-bond acceptors (Lipinski definition) is 3. The zero-order valence-corrected chi connectivity index (χ0v) is 9.43. The van der Waals surface area contributed by atoms with Crippen molar-refractivity contribution in [2.75, 3.05) is 19.6 Å². The van der Waals surface area contributed by atoms with Crippen molar-refractivity contribution in [2.45, 2.75) is 38.5 Å². The molecular weight excluding hydrogens is 190 g/mol. The van der Waals surface area contributed by atoms with Gasteiger partial charge in [0.05, 0.1) is 5.41 Å². The monoisotopic (exact) mass is 213 g/mol. The Morgan fingerprint density at radius 3 is 2.20 bits per heavy atom. The summed E-state index contributed by atoms with van der Waals surface area (Å²) >= 11 is 0. The van der Waals surface area contributed by atoms with Gasteiger partial charge in [-0.3, -0.25) is 4.79 Å². The lowest BCUT2D eigenvalue weighted by Crippen LogP contribution is -2.46. The van der Waals surface area contributed by atoms with Crippen LogP contribution in [0.25, 0.3) is 0 Å². The second kappa shape index (κ2) is 6.08. The van der Waals surface area contributed by atoms with Crippen molar-refractivity contribution in [3.8, 4) is 0 Å². The zero-order valence-electron chi connectivity index (χ0n) is 9.43. The first-order valence-corrected chi connectivity index (χ1v) is 5.93. The number of rotatable bonds is 4. The fraction of sp³-hybridized carbons (Fsp3) is 0.909. The lowest BCUT2D eigenvalue weighted by molar-refractivity contribution is -0.131. The molecule has 1 aliphatic rings. The van der Waals surface area contributed by atoms with Crippen LogP contribution in [0.4, 0.5) is 0 Å². The van der Waals surface area contributed by atoms with Crippen LogP contribution in [-0.4, -0.2) is 25.5 Å². The third kappa shape index (κ3) is 3.18. The molecule has 1 saturated carbocycles. The maximum absolute atomic E-state index is 12.0. The molecule has 1 aliphatic carbocycles. The average Bonchev–Trinajstić information content (AvgIpc) is 2.52. The third-order valence-electron chi connectivity index (χ3n) is 3.36. The molecule has 5 N–H and O–H groups in total. The van der Waals surface area contributed by atoms with E-state index >= 15 is 0 Å². The standard InChI is InChI=1S/C11H23N3O/c12-7-8-14-10(15)11(9-13)5-3-1-2-4-6-11/h1-9,12-13H2,(H,14,15). The van der Waals surface area contributed by atoms with Gasteiger partial charge < -0.3 is 16.8 Å². The molecule has 0 saturated heterocycles. The van der Waals surface area contributed by atoms with E-state index < -0.39 is 0 Å². The summed E-state index contributed by atoms with van der Waals surface area (Å²) < 4.78 is 0. The van der Waals surface area contributed by atoms with E-state index in [2.05, 4.69) is 5.32 Å². The topological polar surface area (TPSA) is 81.1 Å². The number of hydrogen-bond donors (Lipinski definition) is 3. The Kier molecular flexibility index (Phi) is 5.05. The Morgan fingerprint density at radius 2 is 1.73 bits per heavy atom. The second-order valence-electron chi connectivity index (χ2n) is 4.44. The van der Waals surface area contributed by atoms with Gasteiger partial charge in [0.15, 0.2) is 0 Å². The number of nitrogens with two attached hydrogens (primary N) is 2. The summed E-state index contributed by atoms with van der Waals surface area (Å²) in [5.74, 6) is 0.109. The lowest BCUT2D eigenvalue weighted by Gasteiger charge is -2.29. The molecule has 15 heavy (non-hydrogen) atoms. The van der Waals surface area contributed by atoms with Crippen LogP contribution in [0.2, 0.25) is 0 Å². The molecule has 1 amide bonds. The predicted octanol–water partition coefficient (Wildman–Crippen LogP) is 0.361. The highest BCUT2D eigenvalue weighted by molar-refractivity contribution is 5.82. The molecule has 0 bridgehead atoms. The van der Waals surface area contributed by atoms with E-state index in [1.807, 2.05) is 0 Å². The maximum Gasteiger partial charge on any atom is 0.227 e. The van der Waals surface area contributed by atoms with Crippen LogP contribution < -0.4 is 16.8 Å². The maximum atomic E-state index is 12.0. The molecule has 88 valence electrons. The smallest absolute Gasteiger partial charge is 0.227 e. The van der Waals surface area contributed by atoms with Crippen LogP contribution in [0.1, 0.15) is 38.5 Å². The molecule has 1 rings (SSSR count). The van der Waals surface area contributed by atoms with Gasteiger partial charge in [-0.2, -0.15) is 0 Å². The summed E-state index contributed by atoms with van der Waals surface area (Å²) in [5.41, 5.74) is 10.9. The summed E-state index contributed by atoms with van der Waals surface area (Å²) in [5, 5.41) is 2.88. The molecule has 4 heteroatoms. The highest BCUT2D eigenvalue weighted by Crippen LogP contribution is 2.34. The molecule has 0 aliphatic heterocycles. The molecular formula is C11H23N3O. The van der Waals surface area contributed by atoms with Gasteiger partial charge in [0, 0.05) is 19.6 Å². The van der Waals surface area contributed by atoms with Crippen LogP contribution >= 0.6 is 0 Å². The number of amides is 1. The van der Waals surface area contributed by atoms with E-state index in [-0.39, 0.29) is 11.3 Å². The van der Waals surface area contributed by atoms with E-state index in [0.717, 1.165) is 25.7 Å². The molecule has 4 nitrogen and oxygen atoms in total. The second-order valence-corrected chi connectivity index (χ2v) is 4.44. The van der Waals surface area contributed by atoms with E-state index in [0.29, 0.717) is 19.6 Å². The zero-order chi connectivity index (χ0) is 11.1. The normalized spacial score (nSPS) is 20.7. The Balaban J connectivity index is 2.59. The van der Waals surface area contributed by atoms with Crippen LogP contribution in [0.15, 0.2) is 0 Å². The molecule has 0 aromatic rings. The highest BCUT2D eigenvalue weighted by atomic mass is 16.2. The Labute approximate surface area is 91.8 Å². The average molecular weight is 213 g/mol. The molecule has 0 aromatic carbocycles. The van der Waals surface area contributed by atoms with Crippen molar-refractivity contribution in [3.63, 3.8) is 0 Å². The van der Waals surface area contributed by atoms with Crippen LogP contribution in [0.5, 0.6) is 0 Å². The fourth-order valence-corrected chi connectivity index (χ4v) is 2.30. The number of nitrogens with one attached hydrogen (secondary N) is 1. The van der Waals surface area contributed by atoms with Gasteiger partial charge in [-0.1, -0.05) is 25.7 Å². The van der Waals surface area contributed by atoms with Crippen molar-refractivity contribution in [1.82, 2.24) is 5.32 Å². The molecule has 1 fully saturated rings. The van der Waals surface area contributed by atoms with Crippen molar-refractivity contribution >= 4 is 5.91 Å². The van der Waals surface area contributed by atoms with E-state index in [4.69, 9.17) is 11.5 Å². The summed E-state index contributed by atoms with van der Waals surface area (Å²) in [6.45, 7) is 1.51. The molecule has 0 unspecified atom stereocenters. The summed E-state index contributed by atoms with van der Waals surface area (Å²) in [7, 11) is 0. The molecule has 0 heterocycles. The first-order chi connectivity index (χ1) is 7.25. The van der Waals surface area contributed by atoms with Gasteiger partial charge in [-0.15, -0.1) is 0 Å². The summed E-state index contributed by atoms with van der Waals surface area (Å²) in [6, 6.07) is 0. The highest BCUT2D eigenvalue weighted by Gasteiger charge is 2.36. The fourth-order valence-electron chi connectivity index (χ4n) is 2.30. The molecule has 0 spiro atoms. The first-order valence-electron chi connectivity index (χ1n) is 5.93. The quantitative estimate of drug-likeness (QED) is 0.590. The molecule has 0 aromatic heterocycles. The van der Waals surface area contributed by atoms with Crippen molar-refractivity contribution < 1.29 is 4.79 Å². The minimum atomic E-state index is -0.314. The predicted molar refractivity (Wildman–Crippen MR) is 61.3 cm³/mol. The SMILES string of the molecule is NCCNC(=O)C1(CN)CCCCCC1. The van der Waals surface area contributed by atoms with Gasteiger partial charge in [0.25, 0.3) is 0 Å². The van der Waals surface area contributed by atoms with Crippen molar-refractivity contribution in [3.05, 3.63) is 0 Å². The van der Waals surface area contributed by atoms with Gasteiger partial charge >= 0.3 is 0 Å². The van der Waals surface area contributed by atoms with Gasteiger partial charge in [-0.05, 0) is 12.8 Å². The molecule has 0 atom stereocenters. The summed E-state index contributed by atoms with van der Waals surface area (Å²) in [4.78, 5) is 12.0. The third-order valence-corrected chi connectivity index (χ3v) is 3.36. The Hall–Kier alpha value is -0.610. The van der Waals surface area contributed by atoms with Gasteiger partial charge in [-0.25, -0.2) is 0 Å². The van der Waals surface area contributed by atoms with E-state index in [1.54, 1.807) is 0 Å². The van der Waals surface area contributed by atoms with Gasteiger partial charge in [0.1, 0.15) is 0 Å². The minimum Gasteiger partial charge on any atom is -0.354 e. The van der Waals surface area contributed by atoms with E-state index in [9.17, 15) is 4.79 Å². The van der Waals surface area contributed by atoms with Crippen LogP contribution in [0.3, 0.4) is 0 Å². The summed E-state index contributed by atoms with van der Waals surface area (Å²) in [6.07, 6.45) is 6.55. The van der Waals surface area contributed by atoms with Gasteiger partial charge in [0.2, 0.25) is 5.91 Å². The van der Waals surface area contributed by atoms with Crippen LogP contribution in [-0.2, 0) is 4.79 Å². The number of carbonyl (C=O) groups is 1. The Morgan fingerprint density at radius 1 is 1.13 bits per heavy atom. The minimum absolute atomic E-state index is 0.109. The lowest BCUT2D eigenvalue weighted by atomic mass is 9.79. The van der Waals surface area contributed by atoms with Crippen molar-refractivity contribution in [2.24, 2.45) is 16.9 Å². The van der Waals surface area contributed by atoms with E-state index in [1.165, 1.54) is 12.8 Å². The Bertz CT molecular complexity index is 198. The van der Waals surface area contributed by atoms with Crippen molar-refractivity contribution in [1.29, 1.82) is 0 Å². The molecule has 0 radical (unpaired) electrons. The van der Waals surface area contributed by atoms with Crippen LogP contribution in [0, 0.1) is 5.41 Å². The first kappa shape index (κ1) is 12.5. The number of carbonyl (C=O) groups excluding carboxylic acids is 1.